The number of ether oxygens (including phenoxy) is 1. The first kappa shape index (κ1) is 25.2. The Morgan fingerprint density at radius 2 is 1.81 bits per heavy atom. The molecule has 1 aromatic heterocycles. The predicted molar refractivity (Wildman–Crippen MR) is 133 cm³/mol. The number of pyridine rings is 1. The first-order chi connectivity index (χ1) is 15.2. The number of hydrazine groups is 1. The van der Waals surface area contributed by atoms with Crippen LogP contribution < -0.4 is 21.3 Å². The maximum absolute atomic E-state index is 5.93. The molecule has 0 fully saturated rings. The summed E-state index contributed by atoms with van der Waals surface area (Å²) in [6.45, 7) is 10.1. The largest absolute Gasteiger partial charge is 0.438 e. The Bertz CT molecular complexity index is 999. The number of nitrogens with two attached hydrogens (primary N) is 2. The molecule has 31 heavy (non-hydrogen) atoms. The molecule has 0 saturated carbocycles. The number of hydrogen-bond donors (Lipinski definition) is 2. The zero-order valence-electron chi connectivity index (χ0n) is 18.1. The molecule has 1 heterocycles. The van der Waals surface area contributed by atoms with E-state index in [1.54, 1.807) is 36.7 Å². The van der Waals surface area contributed by atoms with Gasteiger partial charge in [-0.25, -0.2) is 10.8 Å². The Hall–Kier alpha value is -3.81. The average molecular weight is 419 g/mol. The number of nitrogens with zero attached hydrogens (tertiary/aromatic N) is 4. The molecule has 0 spiro atoms. The molecule has 0 aliphatic heterocycles. The van der Waals surface area contributed by atoms with Crippen molar-refractivity contribution < 1.29 is 4.74 Å². The lowest BCUT2D eigenvalue weighted by Crippen LogP contribution is -2.25. The summed E-state index contributed by atoms with van der Waals surface area (Å²) >= 11 is 0. The summed E-state index contributed by atoms with van der Waals surface area (Å²) in [5.41, 5.74) is 6.44. The highest BCUT2D eigenvalue weighted by Crippen LogP contribution is 2.33. The van der Waals surface area contributed by atoms with E-state index in [0.717, 1.165) is 22.0 Å². The van der Waals surface area contributed by atoms with Crippen molar-refractivity contribution >= 4 is 29.4 Å². The highest BCUT2D eigenvalue weighted by atomic mass is 16.5. The molecular weight excluding hydrogens is 388 g/mol. The number of allylic oxidation sites excluding steroid dienone is 1. The topological polar surface area (TPSA) is 102 Å². The number of benzene rings is 2. The number of hydrogen-bond acceptors (Lipinski definition) is 7. The summed E-state index contributed by atoms with van der Waals surface area (Å²) in [5, 5.41) is 3.52. The summed E-state index contributed by atoms with van der Waals surface area (Å²) < 4.78 is 5.93. The van der Waals surface area contributed by atoms with Gasteiger partial charge in [0.2, 0.25) is 5.88 Å². The second-order valence-corrected chi connectivity index (χ2v) is 5.86. The lowest BCUT2D eigenvalue weighted by molar-refractivity contribution is 0.428. The minimum Gasteiger partial charge on any atom is -0.438 e. The molecule has 0 radical (unpaired) electrons. The van der Waals surface area contributed by atoms with E-state index in [0.29, 0.717) is 18.2 Å². The molecule has 0 aliphatic rings. The van der Waals surface area contributed by atoms with E-state index in [1.807, 2.05) is 48.5 Å². The molecule has 3 aromatic rings. The van der Waals surface area contributed by atoms with Crippen LogP contribution in [0.15, 0.2) is 96.0 Å². The summed E-state index contributed by atoms with van der Waals surface area (Å²) in [6, 6.07) is 15.5. The predicted octanol–water partition coefficient (Wildman–Crippen LogP) is 4.11. The molecular formula is C24H30N6O. The molecule has 0 aliphatic carbocycles. The molecule has 0 unspecified atom stereocenters. The van der Waals surface area contributed by atoms with Gasteiger partial charge in [-0.15, -0.1) is 13.2 Å². The van der Waals surface area contributed by atoms with Crippen molar-refractivity contribution in [1.29, 1.82) is 0 Å². The minimum atomic E-state index is 0.365. The van der Waals surface area contributed by atoms with Gasteiger partial charge in [0, 0.05) is 42.5 Å². The Kier molecular flexibility index (Phi) is 11.6. The fourth-order valence-corrected chi connectivity index (χ4v) is 2.65. The first-order valence-corrected chi connectivity index (χ1v) is 9.50. The van der Waals surface area contributed by atoms with Gasteiger partial charge in [0.15, 0.2) is 0 Å². The zero-order chi connectivity index (χ0) is 23.1. The van der Waals surface area contributed by atoms with Crippen LogP contribution in [-0.4, -0.2) is 32.0 Å². The lowest BCUT2D eigenvalue weighted by atomic mass is 10.1. The fraction of sp³-hybridized carbons (Fsp3) is 0.125. The van der Waals surface area contributed by atoms with Crippen molar-refractivity contribution in [1.82, 2.24) is 4.98 Å². The molecule has 0 bridgehead atoms. The molecule has 4 N–H and O–H groups in total. The molecule has 7 nitrogen and oxygen atoms in total. The van der Waals surface area contributed by atoms with Crippen LogP contribution in [0.5, 0.6) is 5.75 Å². The average Bonchev–Trinajstić information content (AvgIpc) is 2.84. The van der Waals surface area contributed by atoms with Crippen LogP contribution in [0.1, 0.15) is 5.56 Å². The van der Waals surface area contributed by atoms with Gasteiger partial charge in [0.1, 0.15) is 5.75 Å². The molecule has 162 valence electrons. The smallest absolute Gasteiger partial charge is 0.220 e. The molecule has 0 saturated heterocycles. The summed E-state index contributed by atoms with van der Waals surface area (Å²) in [6.07, 6.45) is 6.85. The second-order valence-electron chi connectivity index (χ2n) is 5.86. The van der Waals surface area contributed by atoms with E-state index >= 15 is 0 Å². The van der Waals surface area contributed by atoms with E-state index in [2.05, 4.69) is 40.6 Å². The van der Waals surface area contributed by atoms with Crippen molar-refractivity contribution in [2.45, 2.75) is 6.54 Å². The van der Waals surface area contributed by atoms with E-state index in [-0.39, 0.29) is 0 Å². The highest BCUT2D eigenvalue weighted by molar-refractivity contribution is 5.98. The number of anilines is 1. The zero-order valence-corrected chi connectivity index (χ0v) is 18.1. The van der Waals surface area contributed by atoms with Gasteiger partial charge in [-0.05, 0) is 37.5 Å². The molecule has 0 atom stereocenters. The fourth-order valence-electron chi connectivity index (χ4n) is 2.65. The normalized spacial score (nSPS) is 10.5. The number of rotatable bonds is 7. The Morgan fingerprint density at radius 3 is 2.42 bits per heavy atom. The van der Waals surface area contributed by atoms with Crippen LogP contribution in [-0.2, 0) is 6.54 Å². The minimum absolute atomic E-state index is 0.365. The third-order valence-electron chi connectivity index (χ3n) is 3.93. The van der Waals surface area contributed by atoms with Crippen molar-refractivity contribution in [3.63, 3.8) is 0 Å². The van der Waals surface area contributed by atoms with Crippen LogP contribution in [0.4, 0.5) is 5.69 Å². The Balaban J connectivity index is 0.00000113. The standard InChI is InChI=1S/C21H21N5O.C2H4.CH5N/c1-23-21(11-13-25-15-16-6-5-12-24-14-16)27-20-10-9-19(26(2)22)17-7-3-4-8-18(17)20;2*1-2/h3-14H,1,15,22H2,2H3;1-2H2;2H2,1H3/b21-11+,25-13?;;. The van der Waals surface area contributed by atoms with Crippen LogP contribution in [0.25, 0.3) is 10.8 Å². The monoisotopic (exact) mass is 418 g/mol. The first-order valence-electron chi connectivity index (χ1n) is 9.50. The van der Waals surface area contributed by atoms with Crippen LogP contribution >= 0.6 is 0 Å². The lowest BCUT2D eigenvalue weighted by Gasteiger charge is -2.17. The summed E-state index contributed by atoms with van der Waals surface area (Å²) in [4.78, 5) is 12.3. The molecule has 2 aromatic carbocycles. The van der Waals surface area contributed by atoms with Gasteiger partial charge < -0.3 is 15.5 Å². The Labute approximate surface area is 184 Å². The van der Waals surface area contributed by atoms with Crippen molar-refractivity contribution in [2.75, 3.05) is 19.1 Å². The van der Waals surface area contributed by atoms with Crippen LogP contribution in [0.2, 0.25) is 0 Å². The summed E-state index contributed by atoms with van der Waals surface area (Å²) in [5.74, 6) is 6.96. The van der Waals surface area contributed by atoms with Gasteiger partial charge in [0.05, 0.1) is 12.2 Å². The van der Waals surface area contributed by atoms with E-state index in [1.165, 1.54) is 7.05 Å². The summed E-state index contributed by atoms with van der Waals surface area (Å²) in [7, 11) is 3.30. The third-order valence-corrected chi connectivity index (χ3v) is 3.93. The third kappa shape index (κ3) is 7.50. The maximum Gasteiger partial charge on any atom is 0.220 e. The van der Waals surface area contributed by atoms with Gasteiger partial charge in [0.25, 0.3) is 0 Å². The van der Waals surface area contributed by atoms with E-state index in [4.69, 9.17) is 10.6 Å². The SMILES string of the molecule is C=C.C=N/C(=C\C=NCc1cccnc1)Oc1ccc(N(C)N)c2ccccc12.CN. The number of aromatic nitrogens is 1. The van der Waals surface area contributed by atoms with Crippen molar-refractivity contribution in [3.05, 3.63) is 91.6 Å². The Morgan fingerprint density at radius 1 is 1.10 bits per heavy atom. The second kappa shape index (κ2) is 14.2. The highest BCUT2D eigenvalue weighted by Gasteiger charge is 2.09. The van der Waals surface area contributed by atoms with E-state index < -0.39 is 0 Å². The maximum atomic E-state index is 5.93. The van der Waals surface area contributed by atoms with Gasteiger partial charge in [-0.3, -0.25) is 9.98 Å². The van der Waals surface area contributed by atoms with Crippen LogP contribution in [0.3, 0.4) is 0 Å². The van der Waals surface area contributed by atoms with Gasteiger partial charge in [-0.2, -0.15) is 0 Å². The van der Waals surface area contributed by atoms with Crippen LogP contribution in [0, 0.1) is 0 Å². The molecule has 7 heteroatoms. The van der Waals surface area contributed by atoms with Gasteiger partial charge >= 0.3 is 0 Å². The van der Waals surface area contributed by atoms with Crippen molar-refractivity contribution in [3.8, 4) is 5.75 Å². The molecule has 3 rings (SSSR count). The number of aliphatic imine (C=N–C) groups is 2. The number of fused-ring (bicyclic) bond motifs is 1. The quantitative estimate of drug-likeness (QED) is 0.198. The molecule has 0 amide bonds. The van der Waals surface area contributed by atoms with E-state index in [9.17, 15) is 0 Å². The van der Waals surface area contributed by atoms with Crippen molar-refractivity contribution in [2.24, 2.45) is 21.6 Å². The van der Waals surface area contributed by atoms with Gasteiger partial charge in [-0.1, -0.05) is 30.3 Å².